The molecule has 5 nitrogen and oxygen atoms in total. The van der Waals surface area contributed by atoms with E-state index in [1.54, 1.807) is 30.3 Å². The van der Waals surface area contributed by atoms with Crippen molar-refractivity contribution < 1.29 is 24.5 Å². The summed E-state index contributed by atoms with van der Waals surface area (Å²) in [6.07, 6.45) is 11.9. The number of aromatic carboxylic acids is 1. The van der Waals surface area contributed by atoms with E-state index < -0.39 is 11.6 Å². The van der Waals surface area contributed by atoms with E-state index in [0.717, 1.165) is 32.1 Å². The zero-order chi connectivity index (χ0) is 21.3. The third-order valence-corrected chi connectivity index (χ3v) is 6.00. The molecule has 1 saturated heterocycles. The molecule has 1 aromatic rings. The van der Waals surface area contributed by atoms with Crippen LogP contribution in [-0.4, -0.2) is 33.9 Å². The first-order valence-electron chi connectivity index (χ1n) is 10.8. The van der Waals surface area contributed by atoms with E-state index in [-0.39, 0.29) is 12.1 Å². The van der Waals surface area contributed by atoms with Crippen molar-refractivity contribution in [2.24, 2.45) is 11.8 Å². The number of aliphatic hydroxyl groups is 1. The number of ether oxygens (including phenoxy) is 1. The van der Waals surface area contributed by atoms with Gasteiger partial charge in [-0.05, 0) is 43.7 Å². The molecule has 1 aliphatic heterocycles. The van der Waals surface area contributed by atoms with Crippen LogP contribution in [0.25, 0.3) is 0 Å². The van der Waals surface area contributed by atoms with Crippen molar-refractivity contribution in [3.05, 3.63) is 48.0 Å². The fourth-order valence-corrected chi connectivity index (χ4v) is 4.08. The molecule has 1 aliphatic carbocycles. The van der Waals surface area contributed by atoms with Gasteiger partial charge in [0.15, 0.2) is 0 Å². The monoisotopic (exact) mass is 402 g/mol. The molecule has 2 N–H and O–H groups in total. The molecule has 1 aromatic carbocycles. The summed E-state index contributed by atoms with van der Waals surface area (Å²) >= 11 is 0. The van der Waals surface area contributed by atoms with E-state index in [1.165, 1.54) is 12.8 Å². The van der Waals surface area contributed by atoms with Crippen LogP contribution in [-0.2, 0) is 9.53 Å². The SMILES string of the molecule is CCCCCC(O)(/C=C/C1CC[C@@H]2OC(=O)C[C@H]12)CC.O=C(O)c1ccccc1. The normalized spacial score (nSPS) is 25.1. The fraction of sp³-hybridized carbons (Fsp3) is 0.583. The number of allylic oxidation sites excluding steroid dienone is 1. The summed E-state index contributed by atoms with van der Waals surface area (Å²) in [5.74, 6) is -0.186. The van der Waals surface area contributed by atoms with Crippen LogP contribution < -0.4 is 0 Å². The van der Waals surface area contributed by atoms with Crippen LogP contribution in [0.15, 0.2) is 42.5 Å². The number of carboxylic acid groups (broad SMARTS) is 1. The Morgan fingerprint density at radius 1 is 1.21 bits per heavy atom. The van der Waals surface area contributed by atoms with Crippen molar-refractivity contribution in [3.8, 4) is 0 Å². The Bertz CT molecular complexity index is 684. The highest BCUT2D eigenvalue weighted by molar-refractivity contribution is 5.87. The number of carboxylic acids is 1. The molecule has 29 heavy (non-hydrogen) atoms. The molecule has 1 heterocycles. The Morgan fingerprint density at radius 2 is 1.93 bits per heavy atom. The predicted molar refractivity (Wildman–Crippen MR) is 113 cm³/mol. The second-order valence-corrected chi connectivity index (χ2v) is 8.08. The van der Waals surface area contributed by atoms with Crippen LogP contribution in [0.3, 0.4) is 0 Å². The van der Waals surface area contributed by atoms with Gasteiger partial charge in [0.25, 0.3) is 0 Å². The average Bonchev–Trinajstić information content (AvgIpc) is 3.27. The number of carbonyl (C=O) groups excluding carboxylic acids is 1. The lowest BCUT2D eigenvalue weighted by Crippen LogP contribution is -2.25. The van der Waals surface area contributed by atoms with Crippen LogP contribution >= 0.6 is 0 Å². The van der Waals surface area contributed by atoms with Gasteiger partial charge in [-0.15, -0.1) is 0 Å². The van der Waals surface area contributed by atoms with E-state index in [4.69, 9.17) is 9.84 Å². The van der Waals surface area contributed by atoms with Gasteiger partial charge in [0.05, 0.1) is 17.6 Å². The van der Waals surface area contributed by atoms with Gasteiger partial charge in [0, 0.05) is 5.92 Å². The molecular weight excluding hydrogens is 368 g/mol. The van der Waals surface area contributed by atoms with Crippen molar-refractivity contribution in [3.63, 3.8) is 0 Å². The third-order valence-electron chi connectivity index (χ3n) is 6.00. The maximum atomic E-state index is 11.3. The Kier molecular flexibility index (Phi) is 8.90. The van der Waals surface area contributed by atoms with Gasteiger partial charge in [-0.25, -0.2) is 4.79 Å². The van der Waals surface area contributed by atoms with Gasteiger partial charge in [-0.3, -0.25) is 4.79 Å². The number of carbonyl (C=O) groups is 2. The molecule has 0 bridgehead atoms. The highest BCUT2D eigenvalue weighted by Crippen LogP contribution is 2.42. The van der Waals surface area contributed by atoms with Crippen molar-refractivity contribution in [2.75, 3.05) is 0 Å². The Morgan fingerprint density at radius 3 is 2.52 bits per heavy atom. The van der Waals surface area contributed by atoms with Crippen molar-refractivity contribution in [1.82, 2.24) is 0 Å². The minimum atomic E-state index is -0.879. The molecule has 3 rings (SSSR count). The quantitative estimate of drug-likeness (QED) is 0.363. The Hall–Kier alpha value is -2.14. The number of hydrogen-bond donors (Lipinski definition) is 2. The largest absolute Gasteiger partial charge is 0.478 e. The van der Waals surface area contributed by atoms with E-state index >= 15 is 0 Å². The molecule has 1 saturated carbocycles. The number of benzene rings is 1. The highest BCUT2D eigenvalue weighted by Gasteiger charge is 2.43. The van der Waals surface area contributed by atoms with E-state index in [1.807, 2.05) is 13.0 Å². The van der Waals surface area contributed by atoms with Crippen LogP contribution in [0.4, 0.5) is 0 Å². The lowest BCUT2D eigenvalue weighted by atomic mass is 9.88. The summed E-state index contributed by atoms with van der Waals surface area (Å²) in [5.41, 5.74) is -0.339. The first-order valence-corrected chi connectivity index (χ1v) is 10.8. The van der Waals surface area contributed by atoms with Crippen molar-refractivity contribution >= 4 is 11.9 Å². The summed E-state index contributed by atoms with van der Waals surface area (Å²) in [6.45, 7) is 4.21. The minimum absolute atomic E-state index is 0.0493. The smallest absolute Gasteiger partial charge is 0.335 e. The van der Waals surface area contributed by atoms with Gasteiger partial charge in [0.1, 0.15) is 6.10 Å². The van der Waals surface area contributed by atoms with Gasteiger partial charge in [0.2, 0.25) is 0 Å². The molecule has 160 valence electrons. The Balaban J connectivity index is 0.000000278. The van der Waals surface area contributed by atoms with E-state index in [9.17, 15) is 14.7 Å². The first kappa shape index (κ1) is 23.1. The Labute approximate surface area is 173 Å². The van der Waals surface area contributed by atoms with Gasteiger partial charge in [-0.2, -0.15) is 0 Å². The minimum Gasteiger partial charge on any atom is -0.478 e. The maximum absolute atomic E-state index is 11.3. The molecule has 4 atom stereocenters. The zero-order valence-electron chi connectivity index (χ0n) is 17.5. The second kappa shape index (κ2) is 11.1. The molecule has 0 spiro atoms. The van der Waals surface area contributed by atoms with Crippen LogP contribution in [0, 0.1) is 11.8 Å². The van der Waals surface area contributed by atoms with Crippen molar-refractivity contribution in [1.29, 1.82) is 0 Å². The standard InChI is InChI=1S/C17H28O3.C7H6O2/c1-3-5-6-10-17(19,4-2)11-9-13-7-8-15-14(13)12-16(18)20-15;8-7(9)6-4-2-1-3-5-6/h9,11,13-15,19H,3-8,10,12H2,1-2H3;1-5H,(H,8,9)/b11-9+;/t13?,14-,15+,17?;/m1./s1. The summed E-state index contributed by atoms with van der Waals surface area (Å²) < 4.78 is 5.32. The third kappa shape index (κ3) is 7.00. The zero-order valence-corrected chi connectivity index (χ0v) is 17.5. The highest BCUT2D eigenvalue weighted by atomic mass is 16.6. The summed E-state index contributed by atoms with van der Waals surface area (Å²) in [4.78, 5) is 21.5. The number of esters is 1. The summed E-state index contributed by atoms with van der Waals surface area (Å²) in [5, 5.41) is 19.0. The molecule has 2 unspecified atom stereocenters. The number of unbranched alkanes of at least 4 members (excludes halogenated alkanes) is 2. The maximum Gasteiger partial charge on any atom is 0.335 e. The second-order valence-electron chi connectivity index (χ2n) is 8.08. The lowest BCUT2D eigenvalue weighted by molar-refractivity contribution is -0.141. The molecule has 0 amide bonds. The van der Waals surface area contributed by atoms with E-state index in [0.29, 0.717) is 23.8 Å². The van der Waals surface area contributed by atoms with Gasteiger partial charge >= 0.3 is 11.9 Å². The average molecular weight is 403 g/mol. The lowest BCUT2D eigenvalue weighted by Gasteiger charge is -2.24. The molecule has 0 radical (unpaired) electrons. The van der Waals surface area contributed by atoms with Crippen LogP contribution in [0.5, 0.6) is 0 Å². The van der Waals surface area contributed by atoms with E-state index in [2.05, 4.69) is 13.0 Å². The van der Waals surface area contributed by atoms with Crippen LogP contribution in [0.1, 0.15) is 75.6 Å². The molecule has 2 aliphatic rings. The first-order chi connectivity index (χ1) is 13.9. The van der Waals surface area contributed by atoms with Gasteiger partial charge in [-0.1, -0.05) is 63.5 Å². The fourth-order valence-electron chi connectivity index (χ4n) is 4.08. The molecule has 0 aromatic heterocycles. The molecule has 2 fully saturated rings. The summed E-state index contributed by atoms with van der Waals surface area (Å²) in [6, 6.07) is 8.30. The molecular formula is C24H34O5. The number of hydrogen-bond acceptors (Lipinski definition) is 4. The van der Waals surface area contributed by atoms with Crippen LogP contribution in [0.2, 0.25) is 0 Å². The summed E-state index contributed by atoms with van der Waals surface area (Å²) in [7, 11) is 0. The number of fused-ring (bicyclic) bond motifs is 1. The topological polar surface area (TPSA) is 83.8 Å². The molecule has 5 heteroatoms. The van der Waals surface area contributed by atoms with Gasteiger partial charge < -0.3 is 14.9 Å². The van der Waals surface area contributed by atoms with Crippen molar-refractivity contribution in [2.45, 2.75) is 76.9 Å². The number of rotatable bonds is 8. The predicted octanol–water partition coefficient (Wildman–Crippen LogP) is 4.99.